The van der Waals surface area contributed by atoms with Crippen LogP contribution in [-0.4, -0.2) is 21.3 Å². The summed E-state index contributed by atoms with van der Waals surface area (Å²) in [6, 6.07) is 3.57. The Bertz CT molecular complexity index is 493. The highest BCUT2D eigenvalue weighted by Gasteiger charge is 2.19. The van der Waals surface area contributed by atoms with Gasteiger partial charge in [0.25, 0.3) is 0 Å². The number of ether oxygens (including phenoxy) is 1. The van der Waals surface area contributed by atoms with Gasteiger partial charge in [-0.05, 0) is 25.1 Å². The van der Waals surface area contributed by atoms with Crippen LogP contribution < -0.4 is 4.74 Å². The lowest BCUT2D eigenvalue weighted by molar-refractivity contribution is 0.101. The zero-order valence-corrected chi connectivity index (χ0v) is 8.97. The summed E-state index contributed by atoms with van der Waals surface area (Å²) in [4.78, 5) is 10.3. The minimum Gasteiger partial charge on any atom is -0.495 e. The van der Waals surface area contributed by atoms with Crippen LogP contribution in [0.5, 0.6) is 5.75 Å². The van der Waals surface area contributed by atoms with Crippen molar-refractivity contribution in [3.63, 3.8) is 0 Å². The molecule has 6 heteroatoms. The fraction of sp³-hybridized carbons (Fsp3) is 0.222. The molecule has 15 heavy (non-hydrogen) atoms. The molecular formula is C9H9FO4S. The summed E-state index contributed by atoms with van der Waals surface area (Å²) in [5, 5.41) is 0. The Morgan fingerprint density at radius 2 is 2.00 bits per heavy atom. The van der Waals surface area contributed by atoms with Crippen LogP contribution >= 0.6 is 0 Å². The molecule has 82 valence electrons. The first-order valence-electron chi connectivity index (χ1n) is 4.00. The van der Waals surface area contributed by atoms with Crippen LogP contribution in [0.15, 0.2) is 23.1 Å². The minimum absolute atomic E-state index is 0.118. The molecule has 0 heterocycles. The number of rotatable bonds is 3. The van der Waals surface area contributed by atoms with Gasteiger partial charge in [-0.2, -0.15) is 8.42 Å². The largest absolute Gasteiger partial charge is 0.495 e. The molecular weight excluding hydrogens is 223 g/mol. The molecule has 0 saturated carbocycles. The molecule has 0 aliphatic rings. The average Bonchev–Trinajstić information content (AvgIpc) is 2.15. The quantitative estimate of drug-likeness (QED) is 0.586. The highest BCUT2D eigenvalue weighted by Crippen LogP contribution is 2.26. The zero-order valence-electron chi connectivity index (χ0n) is 8.15. The smallest absolute Gasteiger partial charge is 0.335 e. The van der Waals surface area contributed by atoms with Crippen molar-refractivity contribution in [2.45, 2.75) is 11.8 Å². The summed E-state index contributed by atoms with van der Waals surface area (Å²) in [6.07, 6.45) is 0. The molecule has 1 aromatic rings. The number of halogens is 1. The third-order valence-electron chi connectivity index (χ3n) is 1.83. The molecule has 0 bridgehead atoms. The van der Waals surface area contributed by atoms with E-state index in [0.29, 0.717) is 0 Å². The van der Waals surface area contributed by atoms with E-state index in [1.165, 1.54) is 26.2 Å². The minimum atomic E-state index is -4.88. The first kappa shape index (κ1) is 11.6. The average molecular weight is 232 g/mol. The van der Waals surface area contributed by atoms with Gasteiger partial charge in [0.1, 0.15) is 10.6 Å². The SMILES string of the molecule is COc1ccc(C(C)=O)cc1S(=O)(=O)F. The topological polar surface area (TPSA) is 60.4 Å². The predicted molar refractivity (Wildman–Crippen MR) is 51.3 cm³/mol. The highest BCUT2D eigenvalue weighted by atomic mass is 32.3. The molecule has 0 unspecified atom stereocenters. The van der Waals surface area contributed by atoms with Gasteiger partial charge < -0.3 is 4.74 Å². The Morgan fingerprint density at radius 3 is 2.40 bits per heavy atom. The second-order valence-electron chi connectivity index (χ2n) is 2.86. The summed E-state index contributed by atoms with van der Waals surface area (Å²) in [5.74, 6) is -0.468. The Kier molecular flexibility index (Phi) is 3.09. The van der Waals surface area contributed by atoms with Gasteiger partial charge in [0, 0.05) is 5.56 Å². The van der Waals surface area contributed by atoms with E-state index in [2.05, 4.69) is 4.74 Å². The standard InChI is InChI=1S/C9H9FO4S/c1-6(11)7-3-4-8(14-2)9(5-7)15(10,12)13/h3-5H,1-2H3. The van der Waals surface area contributed by atoms with Crippen molar-refractivity contribution in [3.05, 3.63) is 23.8 Å². The zero-order chi connectivity index (χ0) is 11.6. The molecule has 0 fully saturated rings. The Balaban J connectivity index is 3.46. The van der Waals surface area contributed by atoms with Crippen molar-refractivity contribution < 1.29 is 21.8 Å². The predicted octanol–water partition coefficient (Wildman–Crippen LogP) is 1.56. The fourth-order valence-electron chi connectivity index (χ4n) is 1.09. The third kappa shape index (κ3) is 2.53. The number of benzene rings is 1. The number of ketones is 1. The Hall–Kier alpha value is -1.43. The van der Waals surface area contributed by atoms with Gasteiger partial charge in [-0.15, -0.1) is 3.89 Å². The lowest BCUT2D eigenvalue weighted by Crippen LogP contribution is -2.00. The van der Waals surface area contributed by atoms with E-state index in [9.17, 15) is 17.1 Å². The highest BCUT2D eigenvalue weighted by molar-refractivity contribution is 7.86. The number of carbonyl (C=O) groups is 1. The summed E-state index contributed by atoms with van der Waals surface area (Å²) in [5.41, 5.74) is 0.118. The molecule has 0 atom stereocenters. The van der Waals surface area contributed by atoms with Crippen molar-refractivity contribution in [3.8, 4) is 5.75 Å². The number of Topliss-reactive ketones (excluding diaryl/α,β-unsaturated/α-hetero) is 1. The Morgan fingerprint density at radius 1 is 1.40 bits per heavy atom. The number of methoxy groups -OCH3 is 1. The second kappa shape index (κ2) is 3.98. The second-order valence-corrected chi connectivity index (χ2v) is 4.18. The van der Waals surface area contributed by atoms with Crippen molar-refractivity contribution in [1.82, 2.24) is 0 Å². The van der Waals surface area contributed by atoms with Crippen molar-refractivity contribution in [2.24, 2.45) is 0 Å². The van der Waals surface area contributed by atoms with Gasteiger partial charge in [-0.1, -0.05) is 0 Å². The molecule has 1 rings (SSSR count). The van der Waals surface area contributed by atoms with Crippen molar-refractivity contribution in [1.29, 1.82) is 0 Å². The molecule has 4 nitrogen and oxygen atoms in total. The van der Waals surface area contributed by atoms with Gasteiger partial charge in [0.15, 0.2) is 5.78 Å². The van der Waals surface area contributed by atoms with E-state index in [-0.39, 0.29) is 17.1 Å². The van der Waals surface area contributed by atoms with E-state index in [1.54, 1.807) is 0 Å². The normalized spacial score (nSPS) is 11.1. The van der Waals surface area contributed by atoms with Gasteiger partial charge in [-0.3, -0.25) is 4.79 Å². The van der Waals surface area contributed by atoms with Crippen LogP contribution in [0.2, 0.25) is 0 Å². The van der Waals surface area contributed by atoms with E-state index in [4.69, 9.17) is 0 Å². The maximum atomic E-state index is 12.8. The van der Waals surface area contributed by atoms with E-state index in [0.717, 1.165) is 6.07 Å². The number of carbonyl (C=O) groups excluding carboxylic acids is 1. The molecule has 0 N–H and O–H groups in total. The van der Waals surface area contributed by atoms with Gasteiger partial charge in [-0.25, -0.2) is 0 Å². The fourth-order valence-corrected chi connectivity index (χ4v) is 1.75. The van der Waals surface area contributed by atoms with Crippen LogP contribution in [0.3, 0.4) is 0 Å². The molecule has 1 aromatic carbocycles. The third-order valence-corrected chi connectivity index (χ3v) is 2.68. The van der Waals surface area contributed by atoms with Crippen molar-refractivity contribution in [2.75, 3.05) is 7.11 Å². The maximum absolute atomic E-state index is 12.8. The van der Waals surface area contributed by atoms with Crippen LogP contribution in [-0.2, 0) is 10.2 Å². The summed E-state index contributed by atoms with van der Waals surface area (Å²) in [7, 11) is -3.66. The summed E-state index contributed by atoms with van der Waals surface area (Å²) in [6.45, 7) is 1.26. The summed E-state index contributed by atoms with van der Waals surface area (Å²) < 4.78 is 38.9. The number of hydrogen-bond acceptors (Lipinski definition) is 4. The van der Waals surface area contributed by atoms with Gasteiger partial charge in [0.05, 0.1) is 7.11 Å². The van der Waals surface area contributed by atoms with Crippen LogP contribution in [0.4, 0.5) is 3.89 Å². The van der Waals surface area contributed by atoms with Crippen LogP contribution in [0.25, 0.3) is 0 Å². The monoisotopic (exact) mass is 232 g/mol. The lowest BCUT2D eigenvalue weighted by atomic mass is 10.1. The molecule has 0 aromatic heterocycles. The molecule has 0 aliphatic carbocycles. The first-order valence-corrected chi connectivity index (χ1v) is 5.38. The maximum Gasteiger partial charge on any atom is 0.335 e. The van der Waals surface area contributed by atoms with Gasteiger partial charge in [0.2, 0.25) is 0 Å². The number of hydrogen-bond donors (Lipinski definition) is 0. The van der Waals surface area contributed by atoms with E-state index < -0.39 is 15.1 Å². The van der Waals surface area contributed by atoms with E-state index in [1.807, 2.05) is 0 Å². The summed E-state index contributed by atoms with van der Waals surface area (Å²) >= 11 is 0. The van der Waals surface area contributed by atoms with Gasteiger partial charge >= 0.3 is 10.2 Å². The molecule has 0 spiro atoms. The molecule has 0 amide bonds. The van der Waals surface area contributed by atoms with Crippen LogP contribution in [0, 0.1) is 0 Å². The molecule has 0 radical (unpaired) electrons. The molecule has 0 saturated heterocycles. The van der Waals surface area contributed by atoms with Crippen LogP contribution in [0.1, 0.15) is 17.3 Å². The van der Waals surface area contributed by atoms with E-state index >= 15 is 0 Å². The lowest BCUT2D eigenvalue weighted by Gasteiger charge is -2.05. The Labute approximate surface area is 86.9 Å². The van der Waals surface area contributed by atoms with Crippen molar-refractivity contribution >= 4 is 16.0 Å². The molecule has 0 aliphatic heterocycles. The first-order chi connectivity index (χ1) is 6.86.